The molecule has 0 aliphatic carbocycles. The van der Waals surface area contributed by atoms with Gasteiger partial charge in [-0.2, -0.15) is 0 Å². The molecule has 0 N–H and O–H groups in total. The molecule has 0 nitrogen and oxygen atoms in total. The molecule has 0 radical (unpaired) electrons. The SMILES string of the molecule is CCCCc1cc(C)ccc1C(C)C. The second kappa shape index (κ2) is 5.19. The average Bonchev–Trinajstić information content (AvgIpc) is 2.14. The van der Waals surface area contributed by atoms with Gasteiger partial charge in [0.05, 0.1) is 0 Å². The highest BCUT2D eigenvalue weighted by atomic mass is 14.1. The third kappa shape index (κ3) is 2.87. The van der Waals surface area contributed by atoms with Gasteiger partial charge in [0.15, 0.2) is 0 Å². The Morgan fingerprint density at radius 1 is 1.21 bits per heavy atom. The van der Waals surface area contributed by atoms with Crippen LogP contribution in [0.2, 0.25) is 0 Å². The number of unbranched alkanes of at least 4 members (excludes halogenated alkanes) is 1. The molecule has 0 heterocycles. The summed E-state index contributed by atoms with van der Waals surface area (Å²) in [6.45, 7) is 8.99. The number of aryl methyl sites for hydroxylation is 2. The van der Waals surface area contributed by atoms with E-state index in [1.807, 2.05) is 0 Å². The highest BCUT2D eigenvalue weighted by Gasteiger charge is 2.05. The highest BCUT2D eigenvalue weighted by molar-refractivity contribution is 5.33. The van der Waals surface area contributed by atoms with Crippen molar-refractivity contribution in [2.24, 2.45) is 0 Å². The summed E-state index contributed by atoms with van der Waals surface area (Å²) in [5, 5.41) is 0. The fraction of sp³-hybridized carbons (Fsp3) is 0.571. The van der Waals surface area contributed by atoms with Crippen LogP contribution in [0.15, 0.2) is 18.2 Å². The Morgan fingerprint density at radius 3 is 2.50 bits per heavy atom. The Balaban J connectivity index is 2.91. The predicted molar refractivity (Wildman–Crippen MR) is 63.9 cm³/mol. The summed E-state index contributed by atoms with van der Waals surface area (Å²) >= 11 is 0. The van der Waals surface area contributed by atoms with E-state index in [2.05, 4.69) is 45.9 Å². The van der Waals surface area contributed by atoms with Gasteiger partial charge < -0.3 is 0 Å². The standard InChI is InChI=1S/C14H22/c1-5-6-7-13-10-12(4)8-9-14(13)11(2)3/h8-11H,5-7H2,1-4H3. The zero-order valence-electron chi connectivity index (χ0n) is 9.93. The lowest BCUT2D eigenvalue weighted by molar-refractivity contribution is 0.766. The summed E-state index contributed by atoms with van der Waals surface area (Å²) in [5.74, 6) is 0.655. The van der Waals surface area contributed by atoms with Crippen LogP contribution >= 0.6 is 0 Å². The van der Waals surface area contributed by atoms with Crippen LogP contribution in [0.25, 0.3) is 0 Å². The van der Waals surface area contributed by atoms with Crippen molar-refractivity contribution in [2.45, 2.75) is 52.9 Å². The van der Waals surface area contributed by atoms with E-state index in [1.54, 1.807) is 5.56 Å². The fourth-order valence-electron chi connectivity index (χ4n) is 1.88. The van der Waals surface area contributed by atoms with E-state index < -0.39 is 0 Å². The first-order valence-corrected chi connectivity index (χ1v) is 5.74. The maximum atomic E-state index is 2.35. The third-order valence-corrected chi connectivity index (χ3v) is 2.72. The van der Waals surface area contributed by atoms with Crippen molar-refractivity contribution >= 4 is 0 Å². The molecule has 0 saturated carbocycles. The molecule has 0 amide bonds. The van der Waals surface area contributed by atoms with E-state index in [4.69, 9.17) is 0 Å². The molecule has 0 aromatic heterocycles. The van der Waals surface area contributed by atoms with Crippen molar-refractivity contribution in [3.8, 4) is 0 Å². The predicted octanol–water partition coefficient (Wildman–Crippen LogP) is 4.46. The van der Waals surface area contributed by atoms with Gasteiger partial charge in [0.25, 0.3) is 0 Å². The van der Waals surface area contributed by atoms with Crippen LogP contribution in [0.3, 0.4) is 0 Å². The summed E-state index contributed by atoms with van der Waals surface area (Å²) in [7, 11) is 0. The lowest BCUT2D eigenvalue weighted by atomic mass is 9.93. The lowest BCUT2D eigenvalue weighted by Crippen LogP contribution is -1.97. The number of hydrogen-bond donors (Lipinski definition) is 0. The van der Waals surface area contributed by atoms with E-state index >= 15 is 0 Å². The quantitative estimate of drug-likeness (QED) is 0.657. The van der Waals surface area contributed by atoms with E-state index in [0.29, 0.717) is 5.92 Å². The van der Waals surface area contributed by atoms with Crippen LogP contribution in [0.1, 0.15) is 56.2 Å². The molecule has 14 heavy (non-hydrogen) atoms. The first-order chi connectivity index (χ1) is 6.65. The van der Waals surface area contributed by atoms with Crippen LogP contribution in [0.4, 0.5) is 0 Å². The molecule has 0 fully saturated rings. The van der Waals surface area contributed by atoms with Gasteiger partial charge in [0, 0.05) is 0 Å². The number of benzene rings is 1. The maximum absolute atomic E-state index is 2.35. The Hall–Kier alpha value is -0.780. The summed E-state index contributed by atoms with van der Waals surface area (Å²) in [4.78, 5) is 0. The van der Waals surface area contributed by atoms with Crippen LogP contribution in [-0.2, 0) is 6.42 Å². The average molecular weight is 190 g/mol. The second-order valence-corrected chi connectivity index (χ2v) is 4.46. The van der Waals surface area contributed by atoms with Crippen molar-refractivity contribution in [2.75, 3.05) is 0 Å². The Kier molecular flexibility index (Phi) is 4.19. The summed E-state index contributed by atoms with van der Waals surface area (Å²) in [6, 6.07) is 6.88. The summed E-state index contributed by atoms with van der Waals surface area (Å²) in [6.07, 6.45) is 3.83. The van der Waals surface area contributed by atoms with Gasteiger partial charge in [-0.05, 0) is 36.8 Å². The van der Waals surface area contributed by atoms with Crippen LogP contribution in [-0.4, -0.2) is 0 Å². The van der Waals surface area contributed by atoms with Crippen molar-refractivity contribution < 1.29 is 0 Å². The first kappa shape index (κ1) is 11.3. The van der Waals surface area contributed by atoms with Crippen LogP contribution in [0, 0.1) is 6.92 Å². The normalized spacial score (nSPS) is 10.9. The number of hydrogen-bond acceptors (Lipinski definition) is 0. The van der Waals surface area contributed by atoms with E-state index in [0.717, 1.165) is 0 Å². The van der Waals surface area contributed by atoms with Gasteiger partial charge in [0.2, 0.25) is 0 Å². The molecule has 0 saturated heterocycles. The highest BCUT2D eigenvalue weighted by Crippen LogP contribution is 2.22. The van der Waals surface area contributed by atoms with Crippen molar-refractivity contribution in [1.29, 1.82) is 0 Å². The van der Waals surface area contributed by atoms with Gasteiger partial charge in [-0.15, -0.1) is 0 Å². The van der Waals surface area contributed by atoms with Crippen LogP contribution in [0.5, 0.6) is 0 Å². The molecular weight excluding hydrogens is 168 g/mol. The van der Waals surface area contributed by atoms with E-state index in [9.17, 15) is 0 Å². The molecular formula is C14H22. The third-order valence-electron chi connectivity index (χ3n) is 2.72. The zero-order chi connectivity index (χ0) is 10.6. The molecule has 0 bridgehead atoms. The van der Waals surface area contributed by atoms with Gasteiger partial charge in [-0.1, -0.05) is 51.0 Å². The Labute approximate surface area is 88.4 Å². The molecule has 0 aliphatic rings. The van der Waals surface area contributed by atoms with Gasteiger partial charge in [0.1, 0.15) is 0 Å². The van der Waals surface area contributed by atoms with Crippen LogP contribution < -0.4 is 0 Å². The van der Waals surface area contributed by atoms with Gasteiger partial charge in [-0.3, -0.25) is 0 Å². The van der Waals surface area contributed by atoms with Gasteiger partial charge >= 0.3 is 0 Å². The Bertz CT molecular complexity index is 284. The molecule has 0 spiro atoms. The zero-order valence-corrected chi connectivity index (χ0v) is 9.93. The van der Waals surface area contributed by atoms with Crippen molar-refractivity contribution in [3.63, 3.8) is 0 Å². The summed E-state index contributed by atoms with van der Waals surface area (Å²) < 4.78 is 0. The van der Waals surface area contributed by atoms with Gasteiger partial charge in [-0.25, -0.2) is 0 Å². The number of rotatable bonds is 4. The minimum atomic E-state index is 0.655. The monoisotopic (exact) mass is 190 g/mol. The lowest BCUT2D eigenvalue weighted by Gasteiger charge is -2.13. The molecule has 0 aliphatic heterocycles. The molecule has 1 aromatic rings. The minimum Gasteiger partial charge on any atom is -0.0654 e. The Morgan fingerprint density at radius 2 is 1.93 bits per heavy atom. The van der Waals surface area contributed by atoms with Crippen molar-refractivity contribution in [3.05, 3.63) is 34.9 Å². The molecule has 78 valence electrons. The maximum Gasteiger partial charge on any atom is -0.0216 e. The van der Waals surface area contributed by atoms with Crippen molar-refractivity contribution in [1.82, 2.24) is 0 Å². The van der Waals surface area contributed by atoms with E-state index in [-0.39, 0.29) is 0 Å². The fourth-order valence-corrected chi connectivity index (χ4v) is 1.88. The molecule has 1 rings (SSSR count). The second-order valence-electron chi connectivity index (χ2n) is 4.46. The molecule has 0 unspecified atom stereocenters. The first-order valence-electron chi connectivity index (χ1n) is 5.74. The molecule has 0 atom stereocenters. The largest absolute Gasteiger partial charge is 0.0654 e. The van der Waals surface area contributed by atoms with E-state index in [1.165, 1.54) is 30.4 Å². The molecule has 0 heteroatoms. The smallest absolute Gasteiger partial charge is 0.0216 e. The topological polar surface area (TPSA) is 0 Å². The minimum absolute atomic E-state index is 0.655. The summed E-state index contributed by atoms with van der Waals surface area (Å²) in [5.41, 5.74) is 4.48. The molecule has 1 aromatic carbocycles.